The number of benzene rings is 2. The number of ether oxygens (including phenoxy) is 2. The van der Waals surface area contributed by atoms with Crippen LogP contribution in [0.4, 0.5) is 21.7 Å². The van der Waals surface area contributed by atoms with Crippen LogP contribution in [0, 0.1) is 5.82 Å². The number of nitrogen functional groups attached to an aromatic ring is 1. The molecule has 4 rings (SSSR count). The molecular formula is C20H19FN6O2. The van der Waals surface area contributed by atoms with E-state index in [-0.39, 0.29) is 11.8 Å². The predicted molar refractivity (Wildman–Crippen MR) is 108 cm³/mol. The van der Waals surface area contributed by atoms with Crippen molar-refractivity contribution in [1.29, 1.82) is 0 Å². The summed E-state index contributed by atoms with van der Waals surface area (Å²) < 4.78 is 26.3. The maximum Gasteiger partial charge on any atom is 0.229 e. The highest BCUT2D eigenvalue weighted by Crippen LogP contribution is 2.24. The number of hydrogen-bond acceptors (Lipinski definition) is 7. The van der Waals surface area contributed by atoms with E-state index in [9.17, 15) is 4.39 Å². The largest absolute Gasteiger partial charge is 0.491 e. The molecule has 0 saturated heterocycles. The second-order valence-electron chi connectivity index (χ2n) is 6.19. The molecule has 0 aliphatic rings. The lowest BCUT2D eigenvalue weighted by atomic mass is 10.2. The molecule has 0 amide bonds. The molecule has 8 nitrogen and oxygen atoms in total. The lowest BCUT2D eigenvalue weighted by Gasteiger charge is -2.10. The van der Waals surface area contributed by atoms with Gasteiger partial charge in [0.2, 0.25) is 5.95 Å². The third kappa shape index (κ3) is 3.94. The number of nitrogens with zero attached hydrogens (tertiary/aromatic N) is 4. The maximum atomic E-state index is 14.4. The summed E-state index contributed by atoms with van der Waals surface area (Å²) in [5, 5.41) is 8.01. The van der Waals surface area contributed by atoms with Crippen molar-refractivity contribution in [3.05, 3.63) is 60.7 Å². The molecule has 0 radical (unpaired) electrons. The van der Waals surface area contributed by atoms with Crippen LogP contribution in [-0.4, -0.2) is 40.1 Å². The average Bonchev–Trinajstić information content (AvgIpc) is 3.16. The zero-order valence-corrected chi connectivity index (χ0v) is 15.7. The van der Waals surface area contributed by atoms with Gasteiger partial charge < -0.3 is 20.5 Å². The lowest BCUT2D eigenvalue weighted by Crippen LogP contribution is -2.07. The molecule has 9 heteroatoms. The number of aromatic nitrogens is 4. The first-order chi connectivity index (χ1) is 14.2. The van der Waals surface area contributed by atoms with E-state index in [1.807, 2.05) is 24.3 Å². The summed E-state index contributed by atoms with van der Waals surface area (Å²) in [7, 11) is 1.62. The van der Waals surface area contributed by atoms with Gasteiger partial charge in [-0.15, -0.1) is 0 Å². The second-order valence-corrected chi connectivity index (χ2v) is 6.19. The minimum atomic E-state index is -0.593. The molecule has 0 saturated carbocycles. The van der Waals surface area contributed by atoms with Gasteiger partial charge in [-0.25, -0.2) is 14.1 Å². The summed E-state index contributed by atoms with van der Waals surface area (Å²) in [5.74, 6) is 0.392. The van der Waals surface area contributed by atoms with Crippen LogP contribution >= 0.6 is 0 Å². The van der Waals surface area contributed by atoms with Crippen LogP contribution in [0.25, 0.3) is 16.7 Å². The van der Waals surface area contributed by atoms with Gasteiger partial charge in [0.25, 0.3) is 0 Å². The predicted octanol–water partition coefficient (Wildman–Crippen LogP) is 3.31. The molecule has 2 aromatic heterocycles. The van der Waals surface area contributed by atoms with Crippen molar-refractivity contribution in [3.63, 3.8) is 0 Å². The Morgan fingerprint density at radius 1 is 1.10 bits per heavy atom. The van der Waals surface area contributed by atoms with Crippen LogP contribution in [0.3, 0.4) is 0 Å². The molecule has 3 N–H and O–H groups in total. The molecular weight excluding hydrogens is 375 g/mol. The van der Waals surface area contributed by atoms with E-state index in [1.165, 1.54) is 4.68 Å². The Hall–Kier alpha value is -3.72. The molecule has 29 heavy (non-hydrogen) atoms. The van der Waals surface area contributed by atoms with Gasteiger partial charge in [0.15, 0.2) is 11.6 Å². The number of methoxy groups -OCH3 is 1. The van der Waals surface area contributed by atoms with E-state index < -0.39 is 5.82 Å². The van der Waals surface area contributed by atoms with Crippen LogP contribution in [-0.2, 0) is 4.74 Å². The third-order valence-corrected chi connectivity index (χ3v) is 4.24. The standard InChI is InChI=1S/C20H19FN6O2/c1-28-9-10-29-14-7-5-13(6-8-14)25-20-23-12-16(21)19(26-20)27-18-4-2-3-17(22)15(18)11-24-27/h2-8,11-12H,9-10,22H2,1H3,(H,23,25,26). The van der Waals surface area contributed by atoms with E-state index >= 15 is 0 Å². The van der Waals surface area contributed by atoms with Gasteiger partial charge >= 0.3 is 0 Å². The van der Waals surface area contributed by atoms with Crippen molar-refractivity contribution < 1.29 is 13.9 Å². The topological polar surface area (TPSA) is 100 Å². The number of nitrogens with two attached hydrogens (primary N) is 1. The molecule has 0 spiro atoms. The minimum absolute atomic E-state index is 0.0302. The molecule has 148 valence electrons. The molecule has 0 unspecified atom stereocenters. The number of anilines is 3. The molecule has 0 aliphatic carbocycles. The monoisotopic (exact) mass is 394 g/mol. The summed E-state index contributed by atoms with van der Waals surface area (Å²) in [4.78, 5) is 8.30. The van der Waals surface area contributed by atoms with E-state index in [4.69, 9.17) is 15.2 Å². The van der Waals surface area contributed by atoms with Gasteiger partial charge in [-0.05, 0) is 36.4 Å². The van der Waals surface area contributed by atoms with Crippen molar-refractivity contribution in [3.8, 4) is 11.6 Å². The Balaban J connectivity index is 1.58. The highest BCUT2D eigenvalue weighted by molar-refractivity contribution is 5.90. The van der Waals surface area contributed by atoms with Crippen molar-refractivity contribution in [2.24, 2.45) is 0 Å². The molecule has 2 aromatic carbocycles. The molecule has 0 bridgehead atoms. The number of nitrogens with one attached hydrogen (secondary N) is 1. The fourth-order valence-electron chi connectivity index (χ4n) is 2.82. The van der Waals surface area contributed by atoms with E-state index in [2.05, 4.69) is 20.4 Å². The fraction of sp³-hybridized carbons (Fsp3) is 0.150. The van der Waals surface area contributed by atoms with Gasteiger partial charge in [0.1, 0.15) is 12.4 Å². The third-order valence-electron chi connectivity index (χ3n) is 4.24. The van der Waals surface area contributed by atoms with E-state index in [1.54, 1.807) is 31.5 Å². The molecule has 2 heterocycles. The van der Waals surface area contributed by atoms with Gasteiger partial charge in [-0.1, -0.05) is 6.07 Å². The van der Waals surface area contributed by atoms with Gasteiger partial charge in [0, 0.05) is 23.9 Å². The van der Waals surface area contributed by atoms with Crippen molar-refractivity contribution in [2.75, 3.05) is 31.4 Å². The second kappa shape index (κ2) is 8.11. The summed E-state index contributed by atoms with van der Waals surface area (Å²) in [6.07, 6.45) is 2.69. The minimum Gasteiger partial charge on any atom is -0.491 e. The number of fused-ring (bicyclic) bond motifs is 1. The van der Waals surface area contributed by atoms with Crippen LogP contribution in [0.2, 0.25) is 0 Å². The summed E-state index contributed by atoms with van der Waals surface area (Å²) in [6, 6.07) is 12.6. The number of hydrogen-bond donors (Lipinski definition) is 2. The number of rotatable bonds is 7. The van der Waals surface area contributed by atoms with Gasteiger partial charge in [-0.2, -0.15) is 10.1 Å². The van der Waals surface area contributed by atoms with E-state index in [0.29, 0.717) is 30.2 Å². The Morgan fingerprint density at radius 2 is 1.93 bits per heavy atom. The smallest absolute Gasteiger partial charge is 0.229 e. The van der Waals surface area contributed by atoms with Crippen LogP contribution in [0.15, 0.2) is 54.9 Å². The zero-order valence-electron chi connectivity index (χ0n) is 15.7. The van der Waals surface area contributed by atoms with Crippen molar-refractivity contribution >= 4 is 28.2 Å². The Labute approximate surface area is 166 Å². The van der Waals surface area contributed by atoms with Crippen LogP contribution in [0.5, 0.6) is 5.75 Å². The normalized spacial score (nSPS) is 11.0. The summed E-state index contributed by atoms with van der Waals surface area (Å²) in [6.45, 7) is 0.982. The quantitative estimate of drug-likeness (QED) is 0.366. The zero-order chi connectivity index (χ0) is 20.2. The van der Waals surface area contributed by atoms with Gasteiger partial charge in [-0.3, -0.25) is 0 Å². The first-order valence-electron chi connectivity index (χ1n) is 8.89. The maximum absolute atomic E-state index is 14.4. The summed E-state index contributed by atoms with van der Waals surface area (Å²) >= 11 is 0. The molecule has 4 aromatic rings. The Morgan fingerprint density at radius 3 is 2.72 bits per heavy atom. The average molecular weight is 394 g/mol. The van der Waals surface area contributed by atoms with Crippen LogP contribution in [0.1, 0.15) is 0 Å². The highest BCUT2D eigenvalue weighted by atomic mass is 19.1. The van der Waals surface area contributed by atoms with E-state index in [0.717, 1.165) is 17.3 Å². The van der Waals surface area contributed by atoms with Gasteiger partial charge in [0.05, 0.1) is 24.5 Å². The first kappa shape index (κ1) is 18.6. The van der Waals surface area contributed by atoms with Crippen LogP contribution < -0.4 is 15.8 Å². The molecule has 0 atom stereocenters. The van der Waals surface area contributed by atoms with Crippen molar-refractivity contribution in [2.45, 2.75) is 0 Å². The lowest BCUT2D eigenvalue weighted by molar-refractivity contribution is 0.146. The molecule has 0 fully saturated rings. The number of halogens is 1. The summed E-state index contributed by atoms with van der Waals surface area (Å²) in [5.41, 5.74) is 7.91. The Bertz CT molecular complexity index is 1130. The fourth-order valence-corrected chi connectivity index (χ4v) is 2.82. The highest BCUT2D eigenvalue weighted by Gasteiger charge is 2.14. The first-order valence-corrected chi connectivity index (χ1v) is 8.89. The molecule has 0 aliphatic heterocycles. The SMILES string of the molecule is COCCOc1ccc(Nc2ncc(F)c(-n3ncc4c(N)cccc43)n2)cc1. The van der Waals surface area contributed by atoms with Crippen molar-refractivity contribution in [1.82, 2.24) is 19.7 Å². The Kier molecular flexibility index (Phi) is 5.21.